The molecule has 1 aromatic rings. The Labute approximate surface area is 108 Å². The molecule has 2 rings (SSSR count). The van der Waals surface area contributed by atoms with Crippen molar-refractivity contribution in [2.75, 3.05) is 27.3 Å². The molecule has 0 radical (unpaired) electrons. The van der Waals surface area contributed by atoms with Crippen molar-refractivity contribution in [2.45, 2.75) is 19.4 Å². The van der Waals surface area contributed by atoms with E-state index >= 15 is 0 Å². The van der Waals surface area contributed by atoms with Crippen LogP contribution in [0.25, 0.3) is 0 Å². The minimum Gasteiger partial charge on any atom is -0.493 e. The molecule has 1 aliphatic rings. The number of ether oxygens (including phenoxy) is 2. The van der Waals surface area contributed by atoms with Crippen LogP contribution in [0.2, 0.25) is 0 Å². The third-order valence-electron chi connectivity index (χ3n) is 3.59. The fourth-order valence-electron chi connectivity index (χ4n) is 2.50. The van der Waals surface area contributed by atoms with Gasteiger partial charge in [-0.15, -0.1) is 0 Å². The SMILES string of the molecule is COc1cc2c(cc1OC)C(C)N(CC#N)CC2. The second-order valence-corrected chi connectivity index (χ2v) is 4.46. The van der Waals surface area contributed by atoms with Crippen molar-refractivity contribution in [2.24, 2.45) is 0 Å². The van der Waals surface area contributed by atoms with E-state index in [4.69, 9.17) is 14.7 Å². The van der Waals surface area contributed by atoms with E-state index in [-0.39, 0.29) is 6.04 Å². The second kappa shape index (κ2) is 5.28. The number of hydrogen-bond acceptors (Lipinski definition) is 4. The van der Waals surface area contributed by atoms with Crippen molar-refractivity contribution in [3.63, 3.8) is 0 Å². The number of nitriles is 1. The van der Waals surface area contributed by atoms with Crippen LogP contribution in [0.4, 0.5) is 0 Å². The molecule has 1 aromatic carbocycles. The molecule has 0 saturated heterocycles. The Kier molecular flexibility index (Phi) is 3.73. The van der Waals surface area contributed by atoms with E-state index in [1.807, 2.05) is 12.1 Å². The summed E-state index contributed by atoms with van der Waals surface area (Å²) in [5.74, 6) is 1.53. The summed E-state index contributed by atoms with van der Waals surface area (Å²) >= 11 is 0. The minimum absolute atomic E-state index is 0.244. The number of rotatable bonds is 3. The third kappa shape index (κ3) is 2.14. The number of hydrogen-bond donors (Lipinski definition) is 0. The largest absolute Gasteiger partial charge is 0.493 e. The van der Waals surface area contributed by atoms with Gasteiger partial charge in [0.05, 0.1) is 26.8 Å². The summed E-state index contributed by atoms with van der Waals surface area (Å²) in [5.41, 5.74) is 2.52. The Morgan fingerprint density at radius 3 is 2.61 bits per heavy atom. The topological polar surface area (TPSA) is 45.5 Å². The van der Waals surface area contributed by atoms with Gasteiger partial charge in [-0.1, -0.05) is 0 Å². The highest BCUT2D eigenvalue weighted by Crippen LogP contribution is 2.37. The summed E-state index contributed by atoms with van der Waals surface area (Å²) in [4.78, 5) is 2.17. The Bertz CT molecular complexity index is 479. The highest BCUT2D eigenvalue weighted by atomic mass is 16.5. The molecule has 1 atom stereocenters. The van der Waals surface area contributed by atoms with Crippen LogP contribution in [-0.2, 0) is 6.42 Å². The normalized spacial score (nSPS) is 18.9. The zero-order valence-electron chi connectivity index (χ0n) is 11.1. The van der Waals surface area contributed by atoms with Gasteiger partial charge in [0, 0.05) is 12.6 Å². The molecule has 0 spiro atoms. The first-order valence-electron chi connectivity index (χ1n) is 6.07. The molecular formula is C14H18N2O2. The highest BCUT2D eigenvalue weighted by Gasteiger charge is 2.25. The van der Waals surface area contributed by atoms with Gasteiger partial charge in [-0.3, -0.25) is 4.90 Å². The lowest BCUT2D eigenvalue weighted by Gasteiger charge is -2.34. The fourth-order valence-corrected chi connectivity index (χ4v) is 2.50. The maximum absolute atomic E-state index is 8.83. The molecule has 1 heterocycles. The number of methoxy groups -OCH3 is 2. The van der Waals surface area contributed by atoms with Crippen LogP contribution >= 0.6 is 0 Å². The van der Waals surface area contributed by atoms with Crippen LogP contribution in [-0.4, -0.2) is 32.2 Å². The van der Waals surface area contributed by atoms with Gasteiger partial charge in [-0.2, -0.15) is 5.26 Å². The Morgan fingerprint density at radius 1 is 1.33 bits per heavy atom. The number of nitrogens with zero attached hydrogens (tertiary/aromatic N) is 2. The van der Waals surface area contributed by atoms with E-state index in [1.54, 1.807) is 14.2 Å². The van der Waals surface area contributed by atoms with Crippen LogP contribution in [0.3, 0.4) is 0 Å². The van der Waals surface area contributed by atoms with Crippen molar-refractivity contribution in [3.05, 3.63) is 23.3 Å². The van der Waals surface area contributed by atoms with E-state index in [2.05, 4.69) is 17.9 Å². The molecule has 1 aliphatic heterocycles. The summed E-state index contributed by atoms with van der Waals surface area (Å²) in [6.07, 6.45) is 0.946. The van der Waals surface area contributed by atoms with Crippen molar-refractivity contribution in [1.29, 1.82) is 5.26 Å². The summed E-state index contributed by atoms with van der Waals surface area (Å²) < 4.78 is 10.7. The maximum Gasteiger partial charge on any atom is 0.161 e. The average Bonchev–Trinajstić information content (AvgIpc) is 2.41. The predicted molar refractivity (Wildman–Crippen MR) is 68.9 cm³/mol. The van der Waals surface area contributed by atoms with Crippen molar-refractivity contribution < 1.29 is 9.47 Å². The molecule has 18 heavy (non-hydrogen) atoms. The Hall–Kier alpha value is -1.73. The first-order chi connectivity index (χ1) is 8.71. The molecule has 0 saturated carbocycles. The quantitative estimate of drug-likeness (QED) is 0.767. The van der Waals surface area contributed by atoms with E-state index in [1.165, 1.54) is 11.1 Å². The number of fused-ring (bicyclic) bond motifs is 1. The Balaban J connectivity index is 2.39. The van der Waals surface area contributed by atoms with Gasteiger partial charge < -0.3 is 9.47 Å². The number of benzene rings is 1. The van der Waals surface area contributed by atoms with Crippen LogP contribution in [0.5, 0.6) is 11.5 Å². The zero-order valence-corrected chi connectivity index (χ0v) is 11.1. The summed E-state index contributed by atoms with van der Waals surface area (Å²) in [6, 6.07) is 6.54. The van der Waals surface area contributed by atoms with Gasteiger partial charge in [-0.05, 0) is 36.6 Å². The summed E-state index contributed by atoms with van der Waals surface area (Å²) in [6.45, 7) is 3.51. The van der Waals surface area contributed by atoms with Crippen LogP contribution < -0.4 is 9.47 Å². The highest BCUT2D eigenvalue weighted by molar-refractivity contribution is 5.49. The molecule has 4 nitrogen and oxygen atoms in total. The van der Waals surface area contributed by atoms with Gasteiger partial charge >= 0.3 is 0 Å². The van der Waals surface area contributed by atoms with Crippen LogP contribution in [0.15, 0.2) is 12.1 Å². The summed E-state index contributed by atoms with van der Waals surface area (Å²) in [7, 11) is 3.29. The first-order valence-corrected chi connectivity index (χ1v) is 6.07. The van der Waals surface area contributed by atoms with E-state index in [0.29, 0.717) is 6.54 Å². The fraction of sp³-hybridized carbons (Fsp3) is 0.500. The lowest BCUT2D eigenvalue weighted by Crippen LogP contribution is -2.34. The average molecular weight is 246 g/mol. The standard InChI is InChI=1S/C14H18N2O2/c1-10-12-9-14(18-3)13(17-2)8-11(12)4-6-16(10)7-5-15/h8-10H,4,6-7H2,1-3H3. The monoisotopic (exact) mass is 246 g/mol. The molecule has 96 valence electrons. The molecule has 0 aliphatic carbocycles. The van der Waals surface area contributed by atoms with Crippen molar-refractivity contribution >= 4 is 0 Å². The van der Waals surface area contributed by atoms with Gasteiger partial charge in [-0.25, -0.2) is 0 Å². The van der Waals surface area contributed by atoms with Crippen LogP contribution in [0, 0.1) is 11.3 Å². The van der Waals surface area contributed by atoms with E-state index in [9.17, 15) is 0 Å². The third-order valence-corrected chi connectivity index (χ3v) is 3.59. The predicted octanol–water partition coefficient (Wildman–Crippen LogP) is 2.15. The van der Waals surface area contributed by atoms with E-state index in [0.717, 1.165) is 24.5 Å². The lowest BCUT2D eigenvalue weighted by atomic mass is 9.93. The second-order valence-electron chi connectivity index (χ2n) is 4.46. The molecular weight excluding hydrogens is 228 g/mol. The van der Waals surface area contributed by atoms with E-state index < -0.39 is 0 Å². The maximum atomic E-state index is 8.83. The molecule has 0 amide bonds. The molecule has 0 N–H and O–H groups in total. The summed E-state index contributed by atoms with van der Waals surface area (Å²) in [5, 5.41) is 8.83. The van der Waals surface area contributed by atoms with Crippen LogP contribution in [0.1, 0.15) is 24.1 Å². The van der Waals surface area contributed by atoms with Gasteiger partial charge in [0.1, 0.15) is 0 Å². The smallest absolute Gasteiger partial charge is 0.161 e. The molecule has 1 unspecified atom stereocenters. The van der Waals surface area contributed by atoms with Crippen molar-refractivity contribution in [3.8, 4) is 17.6 Å². The first kappa shape index (κ1) is 12.7. The molecule has 0 aromatic heterocycles. The molecule has 0 fully saturated rings. The molecule has 0 bridgehead atoms. The lowest BCUT2D eigenvalue weighted by molar-refractivity contribution is 0.222. The van der Waals surface area contributed by atoms with Gasteiger partial charge in [0.2, 0.25) is 0 Å². The van der Waals surface area contributed by atoms with Gasteiger partial charge in [0.25, 0.3) is 0 Å². The van der Waals surface area contributed by atoms with Gasteiger partial charge in [0.15, 0.2) is 11.5 Å². The minimum atomic E-state index is 0.244. The zero-order chi connectivity index (χ0) is 13.1. The Morgan fingerprint density at radius 2 is 2.00 bits per heavy atom. The van der Waals surface area contributed by atoms with Crippen molar-refractivity contribution in [1.82, 2.24) is 4.90 Å². The molecule has 4 heteroatoms.